The largest absolute Gasteiger partial charge is 0.423 e. The first-order valence-corrected chi connectivity index (χ1v) is 5.92. The van der Waals surface area contributed by atoms with Crippen LogP contribution in [0.15, 0.2) is 36.5 Å². The number of aryl methyl sites for hydroxylation is 1. The van der Waals surface area contributed by atoms with Crippen LogP contribution in [0, 0.1) is 6.92 Å². The van der Waals surface area contributed by atoms with E-state index in [0.29, 0.717) is 21.5 Å². The summed E-state index contributed by atoms with van der Waals surface area (Å²) in [6.45, 7) is 1.81. The molecule has 0 unspecified atom stereocenters. The molecule has 0 fully saturated rings. The molecule has 2 aromatic rings. The van der Waals surface area contributed by atoms with Crippen molar-refractivity contribution < 1.29 is 9.53 Å². The Morgan fingerprint density at radius 3 is 2.61 bits per heavy atom. The monoisotopic (exact) mass is 281 g/mol. The number of hydrogen-bond donors (Lipinski definition) is 0. The second kappa shape index (κ2) is 5.38. The number of pyridine rings is 1. The number of benzene rings is 1. The van der Waals surface area contributed by atoms with E-state index in [1.165, 1.54) is 12.3 Å². The van der Waals surface area contributed by atoms with Crippen molar-refractivity contribution in [3.05, 3.63) is 57.8 Å². The van der Waals surface area contributed by atoms with Crippen molar-refractivity contribution in [2.24, 2.45) is 0 Å². The van der Waals surface area contributed by atoms with Crippen LogP contribution in [0.5, 0.6) is 5.75 Å². The van der Waals surface area contributed by atoms with Crippen molar-refractivity contribution in [2.75, 3.05) is 0 Å². The Morgan fingerprint density at radius 1 is 1.22 bits per heavy atom. The Kier molecular flexibility index (Phi) is 3.84. The maximum absolute atomic E-state index is 11.8. The highest BCUT2D eigenvalue weighted by Crippen LogP contribution is 2.22. The Morgan fingerprint density at radius 2 is 2.00 bits per heavy atom. The van der Waals surface area contributed by atoms with E-state index < -0.39 is 5.97 Å². The van der Waals surface area contributed by atoms with Gasteiger partial charge in [0.1, 0.15) is 10.9 Å². The third-order valence-corrected chi connectivity index (χ3v) is 2.76. The molecule has 0 amide bonds. The van der Waals surface area contributed by atoms with Gasteiger partial charge in [-0.25, -0.2) is 9.78 Å². The highest BCUT2D eigenvalue weighted by molar-refractivity contribution is 6.30. The fourth-order valence-corrected chi connectivity index (χ4v) is 1.72. The summed E-state index contributed by atoms with van der Waals surface area (Å²) < 4.78 is 5.25. The molecule has 92 valence electrons. The molecule has 0 aliphatic carbocycles. The smallest absolute Gasteiger partial charge is 0.345 e. The van der Waals surface area contributed by atoms with Crippen LogP contribution in [0.4, 0.5) is 0 Å². The van der Waals surface area contributed by atoms with E-state index in [4.69, 9.17) is 27.9 Å². The molecule has 1 aromatic carbocycles. The van der Waals surface area contributed by atoms with Crippen molar-refractivity contribution >= 4 is 29.2 Å². The number of carbonyl (C=O) groups is 1. The second-order valence-corrected chi connectivity index (χ2v) is 4.49. The summed E-state index contributed by atoms with van der Waals surface area (Å²) >= 11 is 11.5. The number of rotatable bonds is 2. The average molecular weight is 282 g/mol. The Labute approximate surface area is 114 Å². The maximum Gasteiger partial charge on any atom is 0.345 e. The number of halogens is 2. The highest BCUT2D eigenvalue weighted by Gasteiger charge is 2.10. The molecular weight excluding hydrogens is 273 g/mol. The lowest BCUT2D eigenvalue weighted by atomic mass is 10.2. The lowest BCUT2D eigenvalue weighted by Gasteiger charge is -2.07. The van der Waals surface area contributed by atoms with Gasteiger partial charge in [-0.05, 0) is 42.8 Å². The molecule has 0 saturated carbocycles. The summed E-state index contributed by atoms with van der Waals surface area (Å²) in [7, 11) is 0. The van der Waals surface area contributed by atoms with Crippen LogP contribution in [-0.2, 0) is 0 Å². The molecule has 0 aliphatic rings. The summed E-state index contributed by atoms with van der Waals surface area (Å²) in [5, 5.41) is 0.926. The first-order valence-electron chi connectivity index (χ1n) is 5.16. The van der Waals surface area contributed by atoms with Crippen LogP contribution in [0.3, 0.4) is 0 Å². The third kappa shape index (κ3) is 3.00. The molecular formula is C13H9Cl2NO2. The van der Waals surface area contributed by atoms with Crippen LogP contribution in [0.1, 0.15) is 15.9 Å². The van der Waals surface area contributed by atoms with Crippen molar-refractivity contribution in [3.8, 4) is 5.75 Å². The van der Waals surface area contributed by atoms with Crippen molar-refractivity contribution in [1.29, 1.82) is 0 Å². The summed E-state index contributed by atoms with van der Waals surface area (Å²) in [6.07, 6.45) is 1.37. The van der Waals surface area contributed by atoms with Gasteiger partial charge in [0, 0.05) is 11.2 Å². The quantitative estimate of drug-likeness (QED) is 0.476. The van der Waals surface area contributed by atoms with Gasteiger partial charge in [-0.15, -0.1) is 0 Å². The topological polar surface area (TPSA) is 39.2 Å². The average Bonchev–Trinajstić information content (AvgIpc) is 2.33. The first-order chi connectivity index (χ1) is 8.56. The molecule has 5 heteroatoms. The Balaban J connectivity index is 2.18. The van der Waals surface area contributed by atoms with Gasteiger partial charge in [-0.3, -0.25) is 0 Å². The predicted molar refractivity (Wildman–Crippen MR) is 70.4 cm³/mol. The van der Waals surface area contributed by atoms with E-state index in [2.05, 4.69) is 4.98 Å². The van der Waals surface area contributed by atoms with Crippen LogP contribution < -0.4 is 4.74 Å². The van der Waals surface area contributed by atoms with Crippen molar-refractivity contribution in [2.45, 2.75) is 6.92 Å². The predicted octanol–water partition coefficient (Wildman–Crippen LogP) is 3.92. The zero-order valence-corrected chi connectivity index (χ0v) is 11.0. The van der Waals surface area contributed by atoms with E-state index >= 15 is 0 Å². The van der Waals surface area contributed by atoms with E-state index in [1.54, 1.807) is 24.3 Å². The molecule has 0 saturated heterocycles. The first kappa shape index (κ1) is 12.9. The van der Waals surface area contributed by atoms with Gasteiger partial charge < -0.3 is 4.74 Å². The van der Waals surface area contributed by atoms with Crippen LogP contribution >= 0.6 is 23.2 Å². The number of hydrogen-bond acceptors (Lipinski definition) is 3. The van der Waals surface area contributed by atoms with Crippen LogP contribution in [-0.4, -0.2) is 11.0 Å². The molecule has 18 heavy (non-hydrogen) atoms. The highest BCUT2D eigenvalue weighted by atomic mass is 35.5. The normalized spacial score (nSPS) is 10.2. The molecule has 3 nitrogen and oxygen atoms in total. The minimum Gasteiger partial charge on any atom is -0.423 e. The zero-order valence-electron chi connectivity index (χ0n) is 9.48. The van der Waals surface area contributed by atoms with Gasteiger partial charge in [-0.2, -0.15) is 0 Å². The molecule has 0 N–H and O–H groups in total. The molecule has 2 rings (SSSR count). The summed E-state index contributed by atoms with van der Waals surface area (Å²) in [5.74, 6) is -0.0102. The number of nitrogens with zero attached hydrogens (tertiary/aromatic N) is 1. The molecule has 1 aromatic heterocycles. The van der Waals surface area contributed by atoms with E-state index in [0.717, 1.165) is 5.56 Å². The van der Waals surface area contributed by atoms with Crippen LogP contribution in [0.25, 0.3) is 0 Å². The van der Waals surface area contributed by atoms with Gasteiger partial charge >= 0.3 is 5.97 Å². The fourth-order valence-electron chi connectivity index (χ4n) is 1.38. The fraction of sp³-hybridized carbons (Fsp3) is 0.0769. The number of carbonyl (C=O) groups excluding carboxylic acids is 1. The minimum absolute atomic E-state index is 0.328. The van der Waals surface area contributed by atoms with Gasteiger partial charge in [0.2, 0.25) is 0 Å². The zero-order chi connectivity index (χ0) is 13.1. The molecule has 0 spiro atoms. The molecule has 0 bridgehead atoms. The minimum atomic E-state index is -0.482. The summed E-state index contributed by atoms with van der Waals surface area (Å²) in [4.78, 5) is 15.6. The maximum atomic E-state index is 11.8. The lowest BCUT2D eigenvalue weighted by molar-refractivity contribution is 0.0733. The van der Waals surface area contributed by atoms with Crippen molar-refractivity contribution in [1.82, 2.24) is 4.98 Å². The Bertz CT molecular complexity index is 582. The summed E-state index contributed by atoms with van der Waals surface area (Å²) in [6, 6.07) is 8.14. The van der Waals surface area contributed by atoms with Gasteiger partial charge in [0.25, 0.3) is 0 Å². The third-order valence-electron chi connectivity index (χ3n) is 2.30. The van der Waals surface area contributed by atoms with Gasteiger partial charge in [0.15, 0.2) is 0 Å². The lowest BCUT2D eigenvalue weighted by Crippen LogP contribution is -2.09. The van der Waals surface area contributed by atoms with Gasteiger partial charge in [0.05, 0.1) is 5.56 Å². The SMILES string of the molecule is Cc1cc(Cl)ccc1OC(=O)c1ccc(Cl)nc1. The second-order valence-electron chi connectivity index (χ2n) is 3.67. The molecule has 0 aliphatic heterocycles. The number of esters is 1. The van der Waals surface area contributed by atoms with Gasteiger partial charge in [-0.1, -0.05) is 23.2 Å². The van der Waals surface area contributed by atoms with E-state index in [1.807, 2.05) is 6.92 Å². The van der Waals surface area contributed by atoms with E-state index in [-0.39, 0.29) is 0 Å². The Hall–Kier alpha value is -1.58. The molecule has 0 radical (unpaired) electrons. The summed E-state index contributed by atoms with van der Waals surface area (Å²) in [5.41, 5.74) is 1.13. The number of ether oxygens (including phenoxy) is 1. The standard InChI is InChI=1S/C13H9Cl2NO2/c1-8-6-10(14)3-4-11(8)18-13(17)9-2-5-12(15)16-7-9/h2-7H,1H3. The molecule has 0 atom stereocenters. The number of aromatic nitrogens is 1. The van der Waals surface area contributed by atoms with Crippen LogP contribution in [0.2, 0.25) is 10.2 Å². The van der Waals surface area contributed by atoms with E-state index in [9.17, 15) is 4.79 Å². The van der Waals surface area contributed by atoms with Crippen molar-refractivity contribution in [3.63, 3.8) is 0 Å². The molecule has 1 heterocycles.